The summed E-state index contributed by atoms with van der Waals surface area (Å²) in [5, 5.41) is 0.938. The summed E-state index contributed by atoms with van der Waals surface area (Å²) in [6.07, 6.45) is 4.92. The zero-order chi connectivity index (χ0) is 24.7. The van der Waals surface area contributed by atoms with Crippen LogP contribution in [0.25, 0.3) is 10.9 Å². The Balaban J connectivity index is 1.81. The molecule has 1 aliphatic heterocycles. The maximum Gasteiger partial charge on any atom is 0.338 e. The van der Waals surface area contributed by atoms with Gasteiger partial charge >= 0.3 is 5.97 Å². The summed E-state index contributed by atoms with van der Waals surface area (Å²) in [5.41, 5.74) is 9.82. The smallest absolute Gasteiger partial charge is 0.338 e. The van der Waals surface area contributed by atoms with E-state index in [0.717, 1.165) is 11.1 Å². The number of aromatic nitrogens is 2. The van der Waals surface area contributed by atoms with Crippen LogP contribution in [0.5, 0.6) is 5.75 Å². The number of hydrogen-bond acceptors (Lipinski definition) is 8. The van der Waals surface area contributed by atoms with Gasteiger partial charge in [0.25, 0.3) is 0 Å². The molecule has 8 nitrogen and oxygen atoms in total. The van der Waals surface area contributed by atoms with E-state index in [1.165, 1.54) is 7.11 Å². The Morgan fingerprint density at radius 3 is 2.74 bits per heavy atom. The summed E-state index contributed by atoms with van der Waals surface area (Å²) in [6, 6.07) is 10.9. The van der Waals surface area contributed by atoms with Crippen LogP contribution < -0.4 is 15.4 Å². The highest BCUT2D eigenvalue weighted by atomic mass is 35.5. The number of carbonyl (C=O) groups excluding carboxylic acids is 2. The molecule has 35 heavy (non-hydrogen) atoms. The predicted octanol–water partition coefficient (Wildman–Crippen LogP) is 4.25. The molecule has 5 rings (SSSR count). The molecule has 1 atom stereocenters. The summed E-state index contributed by atoms with van der Waals surface area (Å²) < 4.78 is 10.5. The Bertz CT molecular complexity index is 1420. The van der Waals surface area contributed by atoms with Crippen LogP contribution in [-0.2, 0) is 14.3 Å². The van der Waals surface area contributed by atoms with Gasteiger partial charge in [0.15, 0.2) is 5.78 Å². The normalized spacial score (nSPS) is 18.1. The Labute approximate surface area is 207 Å². The third-order valence-corrected chi connectivity index (χ3v) is 6.72. The molecule has 1 aromatic carbocycles. The molecule has 0 fully saturated rings. The second-order valence-electron chi connectivity index (χ2n) is 8.33. The zero-order valence-electron chi connectivity index (χ0n) is 19.2. The Morgan fingerprint density at radius 1 is 1.20 bits per heavy atom. The molecule has 0 saturated carbocycles. The van der Waals surface area contributed by atoms with Crippen molar-refractivity contribution in [3.63, 3.8) is 0 Å². The quantitative estimate of drug-likeness (QED) is 0.427. The van der Waals surface area contributed by atoms with Gasteiger partial charge in [-0.2, -0.15) is 0 Å². The molecule has 3 heterocycles. The Morgan fingerprint density at radius 2 is 2.03 bits per heavy atom. The number of rotatable bonds is 4. The molecule has 1 unspecified atom stereocenters. The first kappa shape index (κ1) is 22.9. The van der Waals surface area contributed by atoms with Crippen LogP contribution in [0.3, 0.4) is 0 Å². The molecule has 1 aliphatic carbocycles. The van der Waals surface area contributed by atoms with Crippen LogP contribution in [0.1, 0.15) is 30.7 Å². The molecule has 0 amide bonds. The van der Waals surface area contributed by atoms with Gasteiger partial charge in [-0.3, -0.25) is 14.7 Å². The average Bonchev–Trinajstić information content (AvgIpc) is 2.87. The van der Waals surface area contributed by atoms with Gasteiger partial charge in [0, 0.05) is 34.8 Å². The van der Waals surface area contributed by atoms with Crippen LogP contribution in [0.15, 0.2) is 71.5 Å². The van der Waals surface area contributed by atoms with E-state index in [1.807, 2.05) is 18.2 Å². The molecule has 0 radical (unpaired) electrons. The highest BCUT2D eigenvalue weighted by Crippen LogP contribution is 2.48. The van der Waals surface area contributed by atoms with Gasteiger partial charge in [0.1, 0.15) is 16.7 Å². The number of pyridine rings is 2. The fourth-order valence-corrected chi connectivity index (χ4v) is 5.12. The first-order valence-electron chi connectivity index (χ1n) is 11.1. The van der Waals surface area contributed by atoms with Crippen molar-refractivity contribution < 1.29 is 19.1 Å². The molecule has 0 saturated heterocycles. The van der Waals surface area contributed by atoms with Crippen LogP contribution in [0.4, 0.5) is 5.69 Å². The van der Waals surface area contributed by atoms with Crippen molar-refractivity contribution in [2.24, 2.45) is 5.73 Å². The lowest BCUT2D eigenvalue weighted by Crippen LogP contribution is -2.41. The number of fused-ring (bicyclic) bond motifs is 1. The summed E-state index contributed by atoms with van der Waals surface area (Å²) in [4.78, 5) is 37.1. The van der Waals surface area contributed by atoms with E-state index in [-0.39, 0.29) is 22.3 Å². The third-order valence-electron chi connectivity index (χ3n) is 6.42. The zero-order valence-corrected chi connectivity index (χ0v) is 20.0. The summed E-state index contributed by atoms with van der Waals surface area (Å²) in [6.45, 7) is 0. The van der Waals surface area contributed by atoms with Crippen molar-refractivity contribution in [1.82, 2.24) is 9.97 Å². The van der Waals surface area contributed by atoms with E-state index in [2.05, 4.69) is 9.97 Å². The number of hydrogen-bond donors (Lipinski definition) is 1. The van der Waals surface area contributed by atoms with E-state index in [9.17, 15) is 9.59 Å². The van der Waals surface area contributed by atoms with Gasteiger partial charge in [-0.15, -0.1) is 0 Å². The van der Waals surface area contributed by atoms with Crippen molar-refractivity contribution >= 4 is 39.9 Å². The molecule has 178 valence electrons. The average molecular weight is 491 g/mol. The van der Waals surface area contributed by atoms with Gasteiger partial charge in [-0.25, -0.2) is 9.78 Å². The number of nitrogens with two attached hydrogens (primary N) is 1. The number of methoxy groups -OCH3 is 2. The lowest BCUT2D eigenvalue weighted by Gasteiger charge is -2.40. The second-order valence-corrected chi connectivity index (χ2v) is 8.69. The standard InChI is InChI=1S/C26H23ClN4O4/c1-34-16-8-9-18-14(11-16)12-17(24(27)30-18)21-22-19(6-3-7-20(22)32)31(15-5-4-10-29-13-15)25(28)23(21)26(33)35-2/h4-5,8-13,21H,3,6-7,28H2,1-2H3. The topological polar surface area (TPSA) is 108 Å². The Kier molecular flexibility index (Phi) is 5.90. The number of allylic oxidation sites excluding steroid dienone is 2. The van der Waals surface area contributed by atoms with Gasteiger partial charge in [0.05, 0.1) is 43.1 Å². The highest BCUT2D eigenvalue weighted by Gasteiger charge is 2.44. The number of halogens is 1. The fourth-order valence-electron chi connectivity index (χ4n) is 4.87. The largest absolute Gasteiger partial charge is 0.497 e. The van der Waals surface area contributed by atoms with E-state index in [4.69, 9.17) is 26.8 Å². The minimum Gasteiger partial charge on any atom is -0.497 e. The summed E-state index contributed by atoms with van der Waals surface area (Å²) >= 11 is 6.69. The third kappa shape index (κ3) is 3.80. The van der Waals surface area contributed by atoms with Crippen LogP contribution in [0, 0.1) is 0 Å². The number of ketones is 1. The minimum atomic E-state index is -0.825. The fraction of sp³-hybridized carbons (Fsp3) is 0.231. The molecule has 0 spiro atoms. The molecule has 9 heteroatoms. The van der Waals surface area contributed by atoms with E-state index < -0.39 is 11.9 Å². The minimum absolute atomic E-state index is 0.0687. The molecule has 0 bridgehead atoms. The molecule has 3 aromatic rings. The molecular weight excluding hydrogens is 468 g/mol. The number of nitrogens with zero attached hydrogens (tertiary/aromatic N) is 3. The second kappa shape index (κ2) is 9.03. The van der Waals surface area contributed by atoms with E-state index in [1.54, 1.807) is 42.6 Å². The number of esters is 1. The number of benzene rings is 1. The van der Waals surface area contributed by atoms with Gasteiger partial charge < -0.3 is 15.2 Å². The molecule has 2 N–H and O–H groups in total. The predicted molar refractivity (Wildman–Crippen MR) is 132 cm³/mol. The van der Waals surface area contributed by atoms with Crippen LogP contribution in [-0.4, -0.2) is 35.9 Å². The molecule has 2 aliphatic rings. The first-order valence-corrected chi connectivity index (χ1v) is 11.5. The van der Waals surface area contributed by atoms with Crippen LogP contribution >= 0.6 is 11.6 Å². The van der Waals surface area contributed by atoms with Crippen molar-refractivity contribution in [3.8, 4) is 5.75 Å². The Hall–Kier alpha value is -3.91. The van der Waals surface area contributed by atoms with Crippen molar-refractivity contribution in [2.45, 2.75) is 25.2 Å². The maximum atomic E-state index is 13.4. The van der Waals surface area contributed by atoms with Crippen molar-refractivity contribution in [3.05, 3.63) is 82.2 Å². The van der Waals surface area contributed by atoms with Gasteiger partial charge in [-0.1, -0.05) is 11.6 Å². The first-order chi connectivity index (χ1) is 16.9. The lowest BCUT2D eigenvalue weighted by atomic mass is 9.75. The number of ether oxygens (including phenoxy) is 2. The van der Waals surface area contributed by atoms with Gasteiger partial charge in [-0.05, 0) is 49.2 Å². The summed E-state index contributed by atoms with van der Waals surface area (Å²) in [5.74, 6) is -0.719. The number of carbonyl (C=O) groups is 2. The number of anilines is 1. The lowest BCUT2D eigenvalue weighted by molar-refractivity contribution is -0.136. The van der Waals surface area contributed by atoms with Gasteiger partial charge in [0.2, 0.25) is 0 Å². The maximum absolute atomic E-state index is 13.4. The van der Waals surface area contributed by atoms with Crippen LogP contribution in [0.2, 0.25) is 5.15 Å². The molecular formula is C26H23ClN4O4. The highest BCUT2D eigenvalue weighted by molar-refractivity contribution is 6.31. The van der Waals surface area contributed by atoms with Crippen molar-refractivity contribution in [1.29, 1.82) is 0 Å². The number of Topliss-reactive ketones (excluding diaryl/α,β-unsaturated/α-hetero) is 1. The monoisotopic (exact) mass is 490 g/mol. The molecule has 2 aromatic heterocycles. The SMILES string of the molecule is COC(=O)C1=C(N)N(c2cccnc2)C2=C(C(=O)CCC2)C1c1cc2cc(OC)ccc2nc1Cl. The van der Waals surface area contributed by atoms with E-state index >= 15 is 0 Å². The summed E-state index contributed by atoms with van der Waals surface area (Å²) in [7, 11) is 2.86. The van der Waals surface area contributed by atoms with Crippen molar-refractivity contribution in [2.75, 3.05) is 19.1 Å². The van der Waals surface area contributed by atoms with E-state index in [0.29, 0.717) is 47.4 Å².